The van der Waals surface area contributed by atoms with Crippen molar-refractivity contribution in [2.24, 2.45) is 5.92 Å². The van der Waals surface area contributed by atoms with Crippen molar-refractivity contribution in [1.82, 2.24) is 15.5 Å². The summed E-state index contributed by atoms with van der Waals surface area (Å²) in [7, 11) is 0. The zero-order chi connectivity index (χ0) is 21.7. The van der Waals surface area contributed by atoms with E-state index in [-0.39, 0.29) is 48.6 Å². The molecular weight excluding hydrogens is 388 g/mol. The minimum Gasteiger partial charge on any atom is -0.352 e. The van der Waals surface area contributed by atoms with E-state index in [0.717, 1.165) is 5.56 Å². The third kappa shape index (κ3) is 5.14. The number of likely N-dealkylation sites (tertiary alicyclic amines) is 1. The van der Waals surface area contributed by atoms with Crippen molar-refractivity contribution in [2.75, 3.05) is 13.1 Å². The molecule has 7 heteroatoms. The van der Waals surface area contributed by atoms with Crippen LogP contribution in [0.15, 0.2) is 42.5 Å². The molecule has 2 aromatic carbocycles. The molecule has 30 heavy (non-hydrogen) atoms. The molecule has 1 aliphatic heterocycles. The summed E-state index contributed by atoms with van der Waals surface area (Å²) in [5, 5.41) is 5.65. The molecule has 1 fully saturated rings. The Morgan fingerprint density at radius 1 is 1.10 bits per heavy atom. The maximum atomic E-state index is 13.7. The van der Waals surface area contributed by atoms with Crippen molar-refractivity contribution in [1.29, 1.82) is 0 Å². The number of nitrogens with zero attached hydrogens (tertiary/aromatic N) is 1. The standard InChI is InChI=1S/C23H27F2N3O2/c1-3-26-23(30)28-14-18(22(29)27-13-16-5-4-6-19(24)12-16)8-10-21(28)17-7-9-20(25)15(2)11-17/h4-7,9,11-12,18,21H,3,8,10,13-14H2,1-2H3,(H,26,30)(H,27,29). The maximum absolute atomic E-state index is 13.7. The van der Waals surface area contributed by atoms with Crippen LogP contribution in [0.25, 0.3) is 0 Å². The SMILES string of the molecule is CCNC(=O)N1CC(C(=O)NCc2cccc(F)c2)CCC1c1ccc(F)c(C)c1. The normalized spacial score (nSPS) is 18.7. The number of benzene rings is 2. The summed E-state index contributed by atoms with van der Waals surface area (Å²) < 4.78 is 27.0. The smallest absolute Gasteiger partial charge is 0.317 e. The third-order valence-electron chi connectivity index (χ3n) is 5.46. The summed E-state index contributed by atoms with van der Waals surface area (Å²) in [6.45, 7) is 4.50. The van der Waals surface area contributed by atoms with E-state index in [1.165, 1.54) is 18.2 Å². The Labute approximate surface area is 175 Å². The molecular formula is C23H27F2N3O2. The first-order valence-corrected chi connectivity index (χ1v) is 10.2. The highest BCUT2D eigenvalue weighted by Crippen LogP contribution is 2.34. The number of hydrogen-bond donors (Lipinski definition) is 2. The van der Waals surface area contributed by atoms with Gasteiger partial charge in [0.1, 0.15) is 11.6 Å². The van der Waals surface area contributed by atoms with Crippen molar-refractivity contribution < 1.29 is 18.4 Å². The van der Waals surface area contributed by atoms with Crippen LogP contribution in [0.1, 0.15) is 42.5 Å². The van der Waals surface area contributed by atoms with E-state index in [2.05, 4.69) is 10.6 Å². The van der Waals surface area contributed by atoms with Gasteiger partial charge in [0.2, 0.25) is 5.91 Å². The second-order valence-electron chi connectivity index (χ2n) is 7.63. The van der Waals surface area contributed by atoms with E-state index >= 15 is 0 Å². The first-order chi connectivity index (χ1) is 14.4. The van der Waals surface area contributed by atoms with Crippen molar-refractivity contribution in [3.8, 4) is 0 Å². The Kier molecular flexibility index (Phi) is 7.03. The molecule has 0 aliphatic carbocycles. The van der Waals surface area contributed by atoms with Crippen LogP contribution >= 0.6 is 0 Å². The number of piperidine rings is 1. The topological polar surface area (TPSA) is 61.4 Å². The fourth-order valence-electron chi connectivity index (χ4n) is 3.86. The molecule has 2 aromatic rings. The first kappa shape index (κ1) is 21.7. The second kappa shape index (κ2) is 9.69. The largest absolute Gasteiger partial charge is 0.352 e. The van der Waals surface area contributed by atoms with Gasteiger partial charge in [0.25, 0.3) is 0 Å². The number of carbonyl (C=O) groups excluding carboxylic acids is 2. The van der Waals surface area contributed by atoms with Crippen LogP contribution in [0.5, 0.6) is 0 Å². The molecule has 1 heterocycles. The third-order valence-corrected chi connectivity index (χ3v) is 5.46. The Bertz CT molecular complexity index is 919. The van der Waals surface area contributed by atoms with Crippen LogP contribution in [0.2, 0.25) is 0 Å². The average Bonchev–Trinajstić information content (AvgIpc) is 2.74. The van der Waals surface area contributed by atoms with Gasteiger partial charge in [0.15, 0.2) is 0 Å². The number of halogens is 2. The fourth-order valence-corrected chi connectivity index (χ4v) is 3.86. The van der Waals surface area contributed by atoms with Gasteiger partial charge in [-0.25, -0.2) is 13.6 Å². The van der Waals surface area contributed by atoms with Crippen LogP contribution in [-0.2, 0) is 11.3 Å². The summed E-state index contributed by atoms with van der Waals surface area (Å²) in [6.07, 6.45) is 1.20. The zero-order valence-corrected chi connectivity index (χ0v) is 17.3. The van der Waals surface area contributed by atoms with Crippen molar-refractivity contribution in [2.45, 2.75) is 39.3 Å². The summed E-state index contributed by atoms with van der Waals surface area (Å²) >= 11 is 0. The molecule has 1 aliphatic rings. The Morgan fingerprint density at radius 2 is 1.90 bits per heavy atom. The van der Waals surface area contributed by atoms with E-state index in [1.807, 2.05) is 6.92 Å². The lowest BCUT2D eigenvalue weighted by Crippen LogP contribution is -2.50. The van der Waals surface area contributed by atoms with Gasteiger partial charge < -0.3 is 15.5 Å². The van der Waals surface area contributed by atoms with Gasteiger partial charge in [0, 0.05) is 19.6 Å². The molecule has 3 rings (SSSR count). The van der Waals surface area contributed by atoms with Crippen LogP contribution in [0, 0.1) is 24.5 Å². The zero-order valence-electron chi connectivity index (χ0n) is 17.3. The number of rotatable bonds is 5. The van der Waals surface area contributed by atoms with Gasteiger partial charge in [-0.3, -0.25) is 4.79 Å². The van der Waals surface area contributed by atoms with E-state index in [1.54, 1.807) is 36.1 Å². The highest BCUT2D eigenvalue weighted by Gasteiger charge is 2.35. The molecule has 2 atom stereocenters. The van der Waals surface area contributed by atoms with E-state index < -0.39 is 0 Å². The summed E-state index contributed by atoms with van der Waals surface area (Å²) in [6, 6.07) is 10.5. The number of carbonyl (C=O) groups is 2. The minimum atomic E-state index is -0.362. The van der Waals surface area contributed by atoms with Crippen molar-refractivity contribution in [3.05, 3.63) is 70.8 Å². The van der Waals surface area contributed by atoms with Gasteiger partial charge in [-0.15, -0.1) is 0 Å². The van der Waals surface area contributed by atoms with E-state index in [0.29, 0.717) is 30.5 Å². The fraction of sp³-hybridized carbons (Fsp3) is 0.391. The average molecular weight is 415 g/mol. The predicted molar refractivity (Wildman–Crippen MR) is 111 cm³/mol. The molecule has 0 bridgehead atoms. The number of hydrogen-bond acceptors (Lipinski definition) is 2. The minimum absolute atomic E-state index is 0.165. The molecule has 2 N–H and O–H groups in total. The molecule has 5 nitrogen and oxygen atoms in total. The molecule has 1 saturated heterocycles. The molecule has 0 radical (unpaired) electrons. The number of nitrogens with one attached hydrogen (secondary N) is 2. The van der Waals surface area contributed by atoms with Crippen LogP contribution in [0.3, 0.4) is 0 Å². The summed E-state index contributed by atoms with van der Waals surface area (Å²) in [5.41, 5.74) is 2.07. The summed E-state index contributed by atoms with van der Waals surface area (Å²) in [4.78, 5) is 27.1. The van der Waals surface area contributed by atoms with Gasteiger partial charge in [-0.1, -0.05) is 24.3 Å². The van der Waals surface area contributed by atoms with Gasteiger partial charge in [-0.05, 0) is 61.6 Å². The van der Waals surface area contributed by atoms with Crippen LogP contribution in [0.4, 0.5) is 13.6 Å². The highest BCUT2D eigenvalue weighted by molar-refractivity contribution is 5.81. The van der Waals surface area contributed by atoms with E-state index in [9.17, 15) is 18.4 Å². The molecule has 0 aromatic heterocycles. The summed E-state index contributed by atoms with van der Waals surface area (Å²) in [5.74, 6) is -1.16. The lowest BCUT2D eigenvalue weighted by atomic mass is 9.88. The van der Waals surface area contributed by atoms with Crippen LogP contribution in [-0.4, -0.2) is 29.9 Å². The van der Waals surface area contributed by atoms with Gasteiger partial charge in [-0.2, -0.15) is 0 Å². The molecule has 3 amide bonds. The first-order valence-electron chi connectivity index (χ1n) is 10.2. The molecule has 0 spiro atoms. The second-order valence-corrected chi connectivity index (χ2v) is 7.63. The lowest BCUT2D eigenvalue weighted by Gasteiger charge is -2.39. The molecule has 160 valence electrons. The maximum Gasteiger partial charge on any atom is 0.317 e. The van der Waals surface area contributed by atoms with Gasteiger partial charge >= 0.3 is 6.03 Å². The number of amides is 3. The molecule has 0 saturated carbocycles. The number of urea groups is 1. The number of aryl methyl sites for hydroxylation is 1. The Hall–Kier alpha value is -2.96. The van der Waals surface area contributed by atoms with E-state index in [4.69, 9.17) is 0 Å². The van der Waals surface area contributed by atoms with Crippen molar-refractivity contribution >= 4 is 11.9 Å². The molecule has 2 unspecified atom stereocenters. The predicted octanol–water partition coefficient (Wildman–Crippen LogP) is 4.07. The monoisotopic (exact) mass is 415 g/mol. The van der Waals surface area contributed by atoms with Crippen LogP contribution < -0.4 is 10.6 Å². The Morgan fingerprint density at radius 3 is 2.60 bits per heavy atom. The highest BCUT2D eigenvalue weighted by atomic mass is 19.1. The van der Waals surface area contributed by atoms with Gasteiger partial charge in [0.05, 0.1) is 12.0 Å². The lowest BCUT2D eigenvalue weighted by molar-refractivity contribution is -0.126. The van der Waals surface area contributed by atoms with Crippen molar-refractivity contribution in [3.63, 3.8) is 0 Å². The Balaban J connectivity index is 1.71. The quantitative estimate of drug-likeness (QED) is 0.773.